The zero-order valence-corrected chi connectivity index (χ0v) is 29.9. The number of fused-ring (bicyclic) bond motifs is 1. The summed E-state index contributed by atoms with van der Waals surface area (Å²) in [6.45, 7) is 13.2. The summed E-state index contributed by atoms with van der Waals surface area (Å²) in [5.41, 5.74) is -1.55. The maximum absolute atomic E-state index is 14.0. The second kappa shape index (κ2) is 14.2. The molecule has 1 aromatic heterocycles. The smallest absolute Gasteiger partial charge is 0.362 e. The monoisotopic (exact) mass is 721 g/mol. The lowest BCUT2D eigenvalue weighted by atomic mass is 10.1. The van der Waals surface area contributed by atoms with Crippen molar-refractivity contribution in [1.82, 2.24) is 25.2 Å². The van der Waals surface area contributed by atoms with Gasteiger partial charge in [-0.05, 0) is 71.6 Å². The largest absolute Gasteiger partial charge is 0.488 e. The molecule has 1 unspecified atom stereocenters. The highest BCUT2D eigenvalue weighted by Crippen LogP contribution is 2.46. The van der Waals surface area contributed by atoms with E-state index in [1.54, 1.807) is 24.3 Å². The van der Waals surface area contributed by atoms with E-state index in [0.717, 1.165) is 0 Å². The number of carbonyl (C=O) groups excluding carboxylic acids is 3. The first-order valence-corrected chi connectivity index (χ1v) is 18.2. The van der Waals surface area contributed by atoms with Crippen LogP contribution in [0, 0.1) is 5.92 Å². The minimum Gasteiger partial charge on any atom is -0.488 e. The van der Waals surface area contributed by atoms with Crippen molar-refractivity contribution in [3.05, 3.63) is 41.8 Å². The normalized spacial score (nSPS) is 23.5. The fourth-order valence-corrected chi connectivity index (χ4v) is 7.16. The maximum atomic E-state index is 14.0. The van der Waals surface area contributed by atoms with Crippen molar-refractivity contribution in [2.75, 3.05) is 19.7 Å². The first-order chi connectivity index (χ1) is 23.0. The summed E-state index contributed by atoms with van der Waals surface area (Å²) in [4.78, 5) is 46.9. The number of carbonyl (C=O) groups is 3. The highest BCUT2D eigenvalue weighted by Gasteiger charge is 2.62. The van der Waals surface area contributed by atoms with Gasteiger partial charge in [0, 0.05) is 17.9 Å². The molecule has 49 heavy (non-hydrogen) atoms. The minimum absolute atomic E-state index is 0.0273. The number of aromatic nitrogens is 1. The Morgan fingerprint density at radius 2 is 1.90 bits per heavy atom. The molecule has 3 aliphatic rings. The van der Waals surface area contributed by atoms with Crippen LogP contribution in [0.25, 0.3) is 10.9 Å². The number of likely N-dealkylation sites (tertiary alicyclic amines) is 1. The van der Waals surface area contributed by atoms with Gasteiger partial charge in [0.1, 0.15) is 29.0 Å². The first-order valence-electron chi connectivity index (χ1n) is 16.4. The third-order valence-electron chi connectivity index (χ3n) is 8.42. The summed E-state index contributed by atoms with van der Waals surface area (Å²) in [5.74, 6) is -1.35. The Labute approximate surface area is 291 Å². The van der Waals surface area contributed by atoms with Gasteiger partial charge in [0.05, 0.1) is 36.3 Å². The molecule has 1 saturated heterocycles. The average Bonchev–Trinajstić information content (AvgIpc) is 3.92. The Bertz CT molecular complexity index is 1730. The lowest BCUT2D eigenvalue weighted by molar-refractivity contribution is -0.139. The van der Waals surface area contributed by atoms with Crippen molar-refractivity contribution < 1.29 is 41.2 Å². The van der Waals surface area contributed by atoms with Gasteiger partial charge in [0.25, 0.3) is 5.91 Å². The highest BCUT2D eigenvalue weighted by molar-refractivity contribution is 7.85. The van der Waals surface area contributed by atoms with E-state index >= 15 is 0 Å². The van der Waals surface area contributed by atoms with Gasteiger partial charge in [-0.1, -0.05) is 31.0 Å². The second-order valence-corrected chi connectivity index (χ2v) is 15.2. The molecule has 16 heteroatoms. The predicted molar refractivity (Wildman–Crippen MR) is 181 cm³/mol. The standard InChI is InChI=1S/C33H44ClN5O9S/c1-7-20-16-33(20,31(42)38-49(43,44)48-21-12-13-21)37-30(41)25-14-22(18-39(25)28(40)17-35-19(3)47-32(4,5)6)46-26-15-27(45-8-2)36-29-23(26)10-9-11-24(29)34/h9-11,15,20-22,25,35H,3,7-8,12-14,16-18H2,1-2,4-6H3,(H,37,41)(H,38,42)/t20-,22?,25+,33-/m1/s1. The van der Waals surface area contributed by atoms with Crippen molar-refractivity contribution >= 4 is 50.5 Å². The van der Waals surface area contributed by atoms with Gasteiger partial charge >= 0.3 is 10.3 Å². The van der Waals surface area contributed by atoms with Crippen LogP contribution in [0.5, 0.6) is 11.6 Å². The second-order valence-electron chi connectivity index (χ2n) is 13.5. The van der Waals surface area contributed by atoms with Crippen molar-refractivity contribution in [3.63, 3.8) is 0 Å². The molecule has 2 aliphatic carbocycles. The van der Waals surface area contributed by atoms with Gasteiger partial charge in [-0.3, -0.25) is 18.6 Å². The number of halogens is 1. The zero-order chi connectivity index (χ0) is 35.7. The van der Waals surface area contributed by atoms with E-state index in [9.17, 15) is 22.8 Å². The number of pyridine rings is 1. The topological polar surface area (TPSA) is 174 Å². The summed E-state index contributed by atoms with van der Waals surface area (Å²) in [5, 5.41) is 6.69. The number of hydrogen-bond acceptors (Lipinski definition) is 11. The summed E-state index contributed by atoms with van der Waals surface area (Å²) < 4.78 is 49.7. The molecule has 2 saturated carbocycles. The molecule has 4 atom stereocenters. The number of benzene rings is 1. The van der Waals surface area contributed by atoms with Gasteiger partial charge in [-0.15, -0.1) is 0 Å². The number of amides is 3. The van der Waals surface area contributed by atoms with Crippen LogP contribution in [0.15, 0.2) is 36.7 Å². The Morgan fingerprint density at radius 3 is 2.53 bits per heavy atom. The molecule has 1 aliphatic heterocycles. The van der Waals surface area contributed by atoms with Crippen molar-refractivity contribution in [2.24, 2.45) is 5.92 Å². The van der Waals surface area contributed by atoms with E-state index < -0.39 is 57.4 Å². The molecular weight excluding hydrogens is 678 g/mol. The third kappa shape index (κ3) is 8.86. The zero-order valence-electron chi connectivity index (χ0n) is 28.3. The summed E-state index contributed by atoms with van der Waals surface area (Å²) in [7, 11) is -4.36. The van der Waals surface area contributed by atoms with Crippen LogP contribution in [0.1, 0.15) is 66.7 Å². The summed E-state index contributed by atoms with van der Waals surface area (Å²) >= 11 is 6.45. The molecule has 14 nitrogen and oxygen atoms in total. The molecule has 0 bridgehead atoms. The van der Waals surface area contributed by atoms with Gasteiger partial charge in [-0.25, -0.2) is 9.71 Å². The van der Waals surface area contributed by atoms with E-state index in [1.165, 1.54) is 4.90 Å². The molecule has 0 spiro atoms. The van der Waals surface area contributed by atoms with Crippen LogP contribution < -0.4 is 24.8 Å². The van der Waals surface area contributed by atoms with Crippen LogP contribution in [0.3, 0.4) is 0 Å². The quantitative estimate of drug-likeness (QED) is 0.230. The molecular formula is C33H44ClN5O9S. The Kier molecular flexibility index (Phi) is 10.6. The van der Waals surface area contributed by atoms with E-state index in [0.29, 0.717) is 53.4 Å². The molecule has 3 N–H and O–H groups in total. The Balaban J connectivity index is 1.38. The van der Waals surface area contributed by atoms with Crippen LogP contribution in [-0.2, 0) is 33.6 Å². The van der Waals surface area contributed by atoms with Crippen LogP contribution in [-0.4, -0.2) is 85.1 Å². The lowest BCUT2D eigenvalue weighted by Crippen LogP contribution is -2.57. The molecule has 2 aromatic rings. The Morgan fingerprint density at radius 1 is 1.16 bits per heavy atom. The van der Waals surface area contributed by atoms with Crippen molar-refractivity contribution in [3.8, 4) is 11.6 Å². The predicted octanol–water partition coefficient (Wildman–Crippen LogP) is 3.34. The van der Waals surface area contributed by atoms with Crippen LogP contribution >= 0.6 is 11.6 Å². The fourth-order valence-electron chi connectivity index (χ4n) is 5.93. The molecule has 268 valence electrons. The third-order valence-corrected chi connectivity index (χ3v) is 9.69. The summed E-state index contributed by atoms with van der Waals surface area (Å²) in [6.07, 6.45) is 0.871. The van der Waals surface area contributed by atoms with Gasteiger partial charge in [0.15, 0.2) is 5.88 Å². The first kappa shape index (κ1) is 36.5. The van der Waals surface area contributed by atoms with Crippen LogP contribution in [0.2, 0.25) is 5.02 Å². The van der Waals surface area contributed by atoms with E-state index in [-0.39, 0.29) is 37.7 Å². The molecule has 2 heterocycles. The minimum atomic E-state index is -4.36. The molecule has 5 rings (SSSR count). The average molecular weight is 722 g/mol. The number of hydrogen-bond donors (Lipinski definition) is 3. The van der Waals surface area contributed by atoms with E-state index in [4.69, 9.17) is 30.0 Å². The molecule has 3 fully saturated rings. The number of para-hydroxylation sites is 1. The van der Waals surface area contributed by atoms with Crippen LogP contribution in [0.4, 0.5) is 0 Å². The molecule has 3 amide bonds. The van der Waals surface area contributed by atoms with Gasteiger partial charge in [0.2, 0.25) is 17.7 Å². The molecule has 0 radical (unpaired) electrons. The van der Waals surface area contributed by atoms with Crippen molar-refractivity contribution in [2.45, 2.75) is 96.1 Å². The van der Waals surface area contributed by atoms with Crippen molar-refractivity contribution in [1.29, 1.82) is 0 Å². The summed E-state index contributed by atoms with van der Waals surface area (Å²) in [6, 6.07) is 5.84. The number of nitrogens with one attached hydrogen (secondary N) is 3. The van der Waals surface area contributed by atoms with E-state index in [2.05, 4.69) is 22.2 Å². The van der Waals surface area contributed by atoms with Gasteiger partial charge < -0.3 is 29.7 Å². The van der Waals surface area contributed by atoms with Gasteiger partial charge in [-0.2, -0.15) is 8.42 Å². The molecule has 1 aromatic carbocycles. The van der Waals surface area contributed by atoms with E-state index in [1.807, 2.05) is 39.3 Å². The fraction of sp³-hybridized carbons (Fsp3) is 0.576. The number of ether oxygens (including phenoxy) is 3. The number of rotatable bonds is 15. The lowest BCUT2D eigenvalue weighted by Gasteiger charge is -2.27. The number of nitrogens with zero attached hydrogens (tertiary/aromatic N) is 2. The SMILES string of the molecule is C=C(NCC(=O)N1CC(Oc2cc(OCC)nc3c(Cl)cccc23)C[C@H]1C(=O)N[C@]1(C(=O)NS(=O)(=O)OC2CC2)C[C@H]1CC)OC(C)(C)C. The Hall–Kier alpha value is -3.82. The highest BCUT2D eigenvalue weighted by atomic mass is 35.5. The maximum Gasteiger partial charge on any atom is 0.362 e.